The second-order valence-electron chi connectivity index (χ2n) is 5.00. The summed E-state index contributed by atoms with van der Waals surface area (Å²) in [7, 11) is 0. The molecule has 3 nitrogen and oxygen atoms in total. The molecule has 0 unspecified atom stereocenters. The lowest BCUT2D eigenvalue weighted by atomic mass is 10.1. The fourth-order valence-electron chi connectivity index (χ4n) is 2.08. The predicted molar refractivity (Wildman–Crippen MR) is 90.0 cm³/mol. The molecule has 5 heteroatoms. The first-order valence-corrected chi connectivity index (χ1v) is 8.64. The van der Waals surface area contributed by atoms with Crippen molar-refractivity contribution in [3.05, 3.63) is 40.9 Å². The van der Waals surface area contributed by atoms with Crippen molar-refractivity contribution in [3.63, 3.8) is 0 Å². The van der Waals surface area contributed by atoms with Gasteiger partial charge in [0.1, 0.15) is 0 Å². The fraction of sp³-hybridized carbons (Fsp3) is 0.438. The lowest BCUT2D eigenvalue weighted by Gasteiger charge is -2.14. The molecule has 1 heterocycles. The summed E-state index contributed by atoms with van der Waals surface area (Å²) < 4.78 is 0. The summed E-state index contributed by atoms with van der Waals surface area (Å²) in [6, 6.07) is 7.81. The van der Waals surface area contributed by atoms with Crippen LogP contribution in [0.5, 0.6) is 0 Å². The highest BCUT2D eigenvalue weighted by Gasteiger charge is 2.05. The molecule has 0 spiro atoms. The number of carbonyl (C=O) groups is 1. The number of hydrogen-bond acceptors (Lipinski definition) is 3. The van der Waals surface area contributed by atoms with E-state index in [2.05, 4.69) is 16.7 Å². The largest absolute Gasteiger partial charge is 0.352 e. The van der Waals surface area contributed by atoms with Crippen LogP contribution in [0.4, 0.5) is 0 Å². The zero-order chi connectivity index (χ0) is 14.9. The van der Waals surface area contributed by atoms with Gasteiger partial charge in [0.25, 0.3) is 0 Å². The van der Waals surface area contributed by atoms with Crippen LogP contribution in [0.1, 0.15) is 19.3 Å². The molecule has 1 aliphatic rings. The van der Waals surface area contributed by atoms with Crippen LogP contribution in [-0.2, 0) is 4.79 Å². The molecule has 0 atom stereocenters. The molecule has 0 aromatic heterocycles. The molecule has 0 bridgehead atoms. The normalized spacial score (nSPS) is 14.6. The standard InChI is InChI=1S/C16H21ClN2OS/c17-14-3-5-15(6-4-14)21-11-1-2-16(20)19-12-13-7-9-18-10-8-13/h3-7,18H,1-2,8-12H2,(H,19,20). The number of halogens is 1. The minimum Gasteiger partial charge on any atom is -0.352 e. The van der Waals surface area contributed by atoms with Gasteiger partial charge in [-0.05, 0) is 49.4 Å². The Balaban J connectivity index is 1.56. The maximum atomic E-state index is 11.8. The van der Waals surface area contributed by atoms with E-state index in [1.807, 2.05) is 24.3 Å². The first-order chi connectivity index (χ1) is 10.2. The molecule has 21 heavy (non-hydrogen) atoms. The molecular weight excluding hydrogens is 304 g/mol. The molecule has 1 amide bonds. The Kier molecular flexibility index (Phi) is 7.13. The lowest BCUT2D eigenvalue weighted by molar-refractivity contribution is -0.120. The lowest BCUT2D eigenvalue weighted by Crippen LogP contribution is -2.29. The summed E-state index contributed by atoms with van der Waals surface area (Å²) in [5.74, 6) is 1.09. The topological polar surface area (TPSA) is 41.1 Å². The fourth-order valence-corrected chi connectivity index (χ4v) is 3.06. The highest BCUT2D eigenvalue weighted by Crippen LogP contribution is 2.21. The van der Waals surface area contributed by atoms with Gasteiger partial charge >= 0.3 is 0 Å². The van der Waals surface area contributed by atoms with Crippen molar-refractivity contribution in [1.29, 1.82) is 0 Å². The third-order valence-electron chi connectivity index (χ3n) is 3.30. The third kappa shape index (κ3) is 6.55. The summed E-state index contributed by atoms with van der Waals surface area (Å²) in [4.78, 5) is 13.0. The number of amides is 1. The molecule has 1 aliphatic heterocycles. The summed E-state index contributed by atoms with van der Waals surface area (Å²) in [6.07, 6.45) is 4.68. The van der Waals surface area contributed by atoms with E-state index in [0.717, 1.165) is 36.7 Å². The van der Waals surface area contributed by atoms with Gasteiger partial charge in [-0.2, -0.15) is 0 Å². The zero-order valence-electron chi connectivity index (χ0n) is 12.0. The van der Waals surface area contributed by atoms with E-state index >= 15 is 0 Å². The molecular formula is C16H21ClN2OS. The van der Waals surface area contributed by atoms with E-state index < -0.39 is 0 Å². The quantitative estimate of drug-likeness (QED) is 0.459. The van der Waals surface area contributed by atoms with Crippen LogP contribution in [0.25, 0.3) is 0 Å². The van der Waals surface area contributed by atoms with Crippen molar-refractivity contribution in [2.75, 3.05) is 25.4 Å². The summed E-state index contributed by atoms with van der Waals surface area (Å²) in [5.41, 5.74) is 1.33. The Hall–Kier alpha value is -0.970. The van der Waals surface area contributed by atoms with Crippen molar-refractivity contribution in [1.82, 2.24) is 10.6 Å². The number of thioether (sulfide) groups is 1. The molecule has 114 valence electrons. The summed E-state index contributed by atoms with van der Waals surface area (Å²) in [5, 5.41) is 7.02. The Morgan fingerprint density at radius 3 is 2.86 bits per heavy atom. The number of carbonyl (C=O) groups excluding carboxylic acids is 1. The second kappa shape index (κ2) is 9.13. The van der Waals surface area contributed by atoms with Crippen LogP contribution in [0.2, 0.25) is 5.02 Å². The molecule has 2 N–H and O–H groups in total. The zero-order valence-corrected chi connectivity index (χ0v) is 13.6. The molecule has 0 aliphatic carbocycles. The first kappa shape index (κ1) is 16.4. The van der Waals surface area contributed by atoms with E-state index in [4.69, 9.17) is 11.6 Å². The maximum absolute atomic E-state index is 11.8. The Morgan fingerprint density at radius 2 is 2.14 bits per heavy atom. The molecule has 0 radical (unpaired) electrons. The highest BCUT2D eigenvalue weighted by atomic mass is 35.5. The number of hydrogen-bond donors (Lipinski definition) is 2. The van der Waals surface area contributed by atoms with Crippen LogP contribution in [-0.4, -0.2) is 31.3 Å². The van der Waals surface area contributed by atoms with Gasteiger partial charge in [-0.3, -0.25) is 4.79 Å². The maximum Gasteiger partial charge on any atom is 0.220 e. The van der Waals surface area contributed by atoms with Gasteiger partial charge < -0.3 is 10.6 Å². The Labute approximate surface area is 135 Å². The van der Waals surface area contributed by atoms with E-state index in [9.17, 15) is 4.79 Å². The average Bonchev–Trinajstić information content (AvgIpc) is 2.52. The highest BCUT2D eigenvalue weighted by molar-refractivity contribution is 7.99. The summed E-state index contributed by atoms with van der Waals surface area (Å²) in [6.45, 7) is 2.63. The van der Waals surface area contributed by atoms with Crippen molar-refractivity contribution in [3.8, 4) is 0 Å². The third-order valence-corrected chi connectivity index (χ3v) is 4.65. The van der Waals surface area contributed by atoms with Crippen LogP contribution < -0.4 is 10.6 Å². The van der Waals surface area contributed by atoms with Crippen molar-refractivity contribution < 1.29 is 4.79 Å². The first-order valence-electron chi connectivity index (χ1n) is 7.28. The van der Waals surface area contributed by atoms with Gasteiger partial charge in [0.05, 0.1) is 0 Å². The Morgan fingerprint density at radius 1 is 1.33 bits per heavy atom. The van der Waals surface area contributed by atoms with Crippen molar-refractivity contribution >= 4 is 29.3 Å². The van der Waals surface area contributed by atoms with E-state index in [0.29, 0.717) is 13.0 Å². The van der Waals surface area contributed by atoms with E-state index in [-0.39, 0.29) is 5.91 Å². The van der Waals surface area contributed by atoms with Gasteiger partial charge in [-0.15, -0.1) is 11.8 Å². The molecule has 0 fully saturated rings. The predicted octanol–water partition coefficient (Wildman–Crippen LogP) is 3.25. The van der Waals surface area contributed by atoms with Crippen molar-refractivity contribution in [2.45, 2.75) is 24.2 Å². The SMILES string of the molecule is O=C(CCCSc1ccc(Cl)cc1)NCC1=CCNCC1. The van der Waals surface area contributed by atoms with E-state index in [1.54, 1.807) is 11.8 Å². The van der Waals surface area contributed by atoms with Gasteiger partial charge in [-0.25, -0.2) is 0 Å². The van der Waals surface area contributed by atoms with Gasteiger partial charge in [0.2, 0.25) is 5.91 Å². The molecule has 0 saturated heterocycles. The van der Waals surface area contributed by atoms with Crippen LogP contribution >= 0.6 is 23.4 Å². The number of nitrogens with one attached hydrogen (secondary N) is 2. The second-order valence-corrected chi connectivity index (χ2v) is 6.60. The average molecular weight is 325 g/mol. The van der Waals surface area contributed by atoms with Crippen LogP contribution in [0.3, 0.4) is 0 Å². The van der Waals surface area contributed by atoms with Crippen LogP contribution in [0, 0.1) is 0 Å². The number of benzene rings is 1. The number of rotatable bonds is 7. The van der Waals surface area contributed by atoms with Gasteiger partial charge in [0.15, 0.2) is 0 Å². The smallest absolute Gasteiger partial charge is 0.220 e. The van der Waals surface area contributed by atoms with Gasteiger partial charge in [0, 0.05) is 29.4 Å². The van der Waals surface area contributed by atoms with Gasteiger partial charge in [-0.1, -0.05) is 23.3 Å². The molecule has 1 aromatic carbocycles. The van der Waals surface area contributed by atoms with Crippen molar-refractivity contribution in [2.24, 2.45) is 0 Å². The minimum absolute atomic E-state index is 0.145. The molecule has 2 rings (SSSR count). The Bertz CT molecular complexity index is 488. The van der Waals surface area contributed by atoms with Crippen LogP contribution in [0.15, 0.2) is 40.8 Å². The molecule has 1 aromatic rings. The monoisotopic (exact) mass is 324 g/mol. The van der Waals surface area contributed by atoms with E-state index in [1.165, 1.54) is 10.5 Å². The minimum atomic E-state index is 0.145. The molecule has 0 saturated carbocycles. The summed E-state index contributed by atoms with van der Waals surface area (Å²) >= 11 is 7.60.